The largest absolute Gasteiger partial charge is 0.300 e. The summed E-state index contributed by atoms with van der Waals surface area (Å²) in [6.45, 7) is 7.89. The molecule has 3 aromatic rings. The predicted molar refractivity (Wildman–Crippen MR) is 98.4 cm³/mol. The van der Waals surface area contributed by atoms with Gasteiger partial charge in [-0.05, 0) is 20.1 Å². The number of amides is 1. The first-order valence-corrected chi connectivity index (χ1v) is 9.83. The molecule has 0 spiro atoms. The molecule has 0 aliphatic heterocycles. The van der Waals surface area contributed by atoms with Gasteiger partial charge in [0.15, 0.2) is 0 Å². The number of anilines is 1. The van der Waals surface area contributed by atoms with Gasteiger partial charge in [0, 0.05) is 22.9 Å². The second kappa shape index (κ2) is 7.04. The van der Waals surface area contributed by atoms with E-state index < -0.39 is 0 Å². The highest BCUT2D eigenvalue weighted by molar-refractivity contribution is 7.98. The van der Waals surface area contributed by atoms with Gasteiger partial charge in [-0.25, -0.2) is 9.50 Å². The summed E-state index contributed by atoms with van der Waals surface area (Å²) in [6, 6.07) is 0. The number of carbonyl (C=O) groups is 1. The van der Waals surface area contributed by atoms with E-state index >= 15 is 0 Å². The molecule has 0 radical (unpaired) electrons. The zero-order chi connectivity index (χ0) is 18.1. The van der Waals surface area contributed by atoms with Crippen LogP contribution >= 0.6 is 23.1 Å². The first-order valence-electron chi connectivity index (χ1n) is 7.79. The monoisotopic (exact) mass is 377 g/mol. The second-order valence-corrected chi connectivity index (χ2v) is 7.68. The van der Waals surface area contributed by atoms with E-state index in [0.29, 0.717) is 16.1 Å². The number of rotatable bonds is 5. The van der Waals surface area contributed by atoms with Crippen LogP contribution in [0.1, 0.15) is 41.7 Å². The number of thioether (sulfide) groups is 1. The average Bonchev–Trinajstić information content (AvgIpc) is 3.18. The summed E-state index contributed by atoms with van der Waals surface area (Å²) in [5.74, 6) is 0.690. The van der Waals surface area contributed by atoms with Crippen LogP contribution in [-0.2, 0) is 11.2 Å². The lowest BCUT2D eigenvalue weighted by Gasteiger charge is -2.09. The first-order chi connectivity index (χ1) is 11.9. The van der Waals surface area contributed by atoms with Crippen molar-refractivity contribution >= 4 is 39.9 Å². The third-order valence-electron chi connectivity index (χ3n) is 3.73. The van der Waals surface area contributed by atoms with Crippen LogP contribution in [0.15, 0.2) is 5.16 Å². The van der Waals surface area contributed by atoms with Gasteiger partial charge in [-0.15, -0.1) is 15.3 Å². The minimum absolute atomic E-state index is 0.149. The summed E-state index contributed by atoms with van der Waals surface area (Å²) < 4.78 is 1.68. The van der Waals surface area contributed by atoms with Crippen LogP contribution in [0.2, 0.25) is 0 Å². The maximum atomic E-state index is 12.4. The Labute approximate surface area is 153 Å². The molecule has 0 aromatic carbocycles. The molecule has 3 heterocycles. The molecule has 0 bridgehead atoms. The Morgan fingerprint density at radius 3 is 2.68 bits per heavy atom. The molecule has 0 fully saturated rings. The van der Waals surface area contributed by atoms with Crippen LogP contribution in [-0.4, -0.2) is 41.9 Å². The molecule has 0 saturated carbocycles. The number of fused-ring (bicyclic) bond motifs is 1. The lowest BCUT2D eigenvalue weighted by Crippen LogP contribution is -2.17. The van der Waals surface area contributed by atoms with Crippen LogP contribution in [0, 0.1) is 13.8 Å². The van der Waals surface area contributed by atoms with Gasteiger partial charge >= 0.3 is 0 Å². The number of hydrogen-bond acceptors (Lipinski definition) is 8. The first kappa shape index (κ1) is 17.7. The van der Waals surface area contributed by atoms with Crippen LogP contribution in [0.5, 0.6) is 0 Å². The normalized spacial score (nSPS) is 11.4. The second-order valence-electron chi connectivity index (χ2n) is 5.90. The van der Waals surface area contributed by atoms with E-state index in [2.05, 4.69) is 30.6 Å². The Hall–Kier alpha value is -2.07. The number of carbonyl (C=O) groups excluding carboxylic acids is 1. The Bertz CT molecular complexity index is 931. The molecule has 3 rings (SSSR count). The van der Waals surface area contributed by atoms with Crippen LogP contribution in [0.3, 0.4) is 0 Å². The molecular weight excluding hydrogens is 358 g/mol. The predicted octanol–water partition coefficient (Wildman–Crippen LogP) is 2.62. The summed E-state index contributed by atoms with van der Waals surface area (Å²) in [7, 11) is 0. The molecule has 3 aromatic heterocycles. The Balaban J connectivity index is 1.82. The van der Waals surface area contributed by atoms with Crippen molar-refractivity contribution < 1.29 is 4.79 Å². The van der Waals surface area contributed by atoms with E-state index in [1.807, 2.05) is 34.0 Å². The van der Waals surface area contributed by atoms with Gasteiger partial charge in [0.05, 0.1) is 6.42 Å². The maximum absolute atomic E-state index is 12.4. The third-order valence-corrected chi connectivity index (χ3v) is 5.41. The SMILES string of the molecule is CSc1nc2nc(C)c(CC(=O)Nc3nnc(C(C)C)s3)c(C)n2n1. The van der Waals surface area contributed by atoms with E-state index in [1.54, 1.807) is 4.52 Å². The smallest absolute Gasteiger partial charge is 0.253 e. The van der Waals surface area contributed by atoms with E-state index in [0.717, 1.165) is 22.0 Å². The van der Waals surface area contributed by atoms with Gasteiger partial charge in [-0.1, -0.05) is 36.9 Å². The molecule has 0 aliphatic carbocycles. The van der Waals surface area contributed by atoms with Gasteiger partial charge < -0.3 is 5.32 Å². The zero-order valence-corrected chi connectivity index (χ0v) is 16.3. The Morgan fingerprint density at radius 2 is 2.04 bits per heavy atom. The number of nitrogens with zero attached hydrogens (tertiary/aromatic N) is 6. The third kappa shape index (κ3) is 3.64. The van der Waals surface area contributed by atoms with Crippen molar-refractivity contribution in [2.45, 2.75) is 45.2 Å². The van der Waals surface area contributed by atoms with Crippen LogP contribution < -0.4 is 5.32 Å². The van der Waals surface area contributed by atoms with Gasteiger partial charge in [-0.2, -0.15) is 4.98 Å². The molecule has 0 aliphatic rings. The van der Waals surface area contributed by atoms with Crippen molar-refractivity contribution in [2.24, 2.45) is 0 Å². The minimum atomic E-state index is -0.149. The standard InChI is InChI=1S/C15H19N7OS2/c1-7(2)12-19-20-14(25-12)17-11(23)6-10-8(3)16-13-18-15(24-5)21-22(13)9(10)4/h7H,6H2,1-5H3,(H,17,20,23). The minimum Gasteiger partial charge on any atom is -0.300 e. The molecule has 0 unspecified atom stereocenters. The molecule has 0 saturated heterocycles. The molecule has 1 amide bonds. The highest BCUT2D eigenvalue weighted by atomic mass is 32.2. The van der Waals surface area contributed by atoms with Crippen LogP contribution in [0.4, 0.5) is 5.13 Å². The molecule has 10 heteroatoms. The molecular formula is C15H19N7OS2. The van der Waals surface area contributed by atoms with Crippen molar-refractivity contribution in [2.75, 3.05) is 11.6 Å². The summed E-state index contributed by atoms with van der Waals surface area (Å²) in [5, 5.41) is 17.4. The fourth-order valence-electron chi connectivity index (χ4n) is 2.37. The fourth-order valence-corrected chi connectivity index (χ4v) is 3.47. The van der Waals surface area contributed by atoms with Crippen molar-refractivity contribution in [3.05, 3.63) is 22.0 Å². The Morgan fingerprint density at radius 1 is 1.28 bits per heavy atom. The number of nitrogens with one attached hydrogen (secondary N) is 1. The molecule has 8 nitrogen and oxygen atoms in total. The summed E-state index contributed by atoms with van der Waals surface area (Å²) in [6.07, 6.45) is 2.12. The van der Waals surface area contributed by atoms with Crippen molar-refractivity contribution in [1.29, 1.82) is 0 Å². The van der Waals surface area contributed by atoms with Gasteiger partial charge in [-0.3, -0.25) is 4.79 Å². The van der Waals surface area contributed by atoms with Gasteiger partial charge in [0.2, 0.25) is 16.2 Å². The van der Waals surface area contributed by atoms with Crippen LogP contribution in [0.25, 0.3) is 5.78 Å². The van der Waals surface area contributed by atoms with E-state index in [-0.39, 0.29) is 18.2 Å². The van der Waals surface area contributed by atoms with E-state index in [9.17, 15) is 4.79 Å². The average molecular weight is 377 g/mol. The van der Waals surface area contributed by atoms with Crippen molar-refractivity contribution in [3.8, 4) is 0 Å². The molecule has 25 heavy (non-hydrogen) atoms. The summed E-state index contributed by atoms with van der Waals surface area (Å²) >= 11 is 2.86. The van der Waals surface area contributed by atoms with E-state index in [4.69, 9.17) is 0 Å². The summed E-state index contributed by atoms with van der Waals surface area (Å²) in [4.78, 5) is 21.2. The maximum Gasteiger partial charge on any atom is 0.253 e. The van der Waals surface area contributed by atoms with Crippen molar-refractivity contribution in [1.82, 2.24) is 29.8 Å². The topological polar surface area (TPSA) is 98.0 Å². The fraction of sp³-hybridized carbons (Fsp3) is 0.467. The van der Waals surface area contributed by atoms with Crippen molar-refractivity contribution in [3.63, 3.8) is 0 Å². The lowest BCUT2D eigenvalue weighted by atomic mass is 10.1. The van der Waals surface area contributed by atoms with Gasteiger partial charge in [0.1, 0.15) is 5.01 Å². The van der Waals surface area contributed by atoms with E-state index in [1.165, 1.54) is 23.1 Å². The lowest BCUT2D eigenvalue weighted by molar-refractivity contribution is -0.115. The highest BCUT2D eigenvalue weighted by Gasteiger charge is 2.17. The Kier molecular flexibility index (Phi) is 5.00. The molecule has 132 valence electrons. The quantitative estimate of drug-likeness (QED) is 0.682. The number of aromatic nitrogens is 6. The number of aryl methyl sites for hydroxylation is 2. The zero-order valence-electron chi connectivity index (χ0n) is 14.7. The molecule has 1 N–H and O–H groups in total. The molecule has 0 atom stereocenters. The number of hydrogen-bond donors (Lipinski definition) is 1. The van der Waals surface area contributed by atoms with Gasteiger partial charge in [0.25, 0.3) is 5.78 Å². The summed E-state index contributed by atoms with van der Waals surface area (Å²) in [5.41, 5.74) is 2.49. The highest BCUT2D eigenvalue weighted by Crippen LogP contribution is 2.23.